The Morgan fingerprint density at radius 3 is 2.45 bits per heavy atom. The van der Waals surface area contributed by atoms with Crippen molar-refractivity contribution in [3.05, 3.63) is 93.0 Å². The SMILES string of the molecule is O=C(O)/C=C/c1ccc2c(c1Cc1ccc(OCc3c(Cl)cccc3Cl)cc1)OCO2. The predicted molar refractivity (Wildman–Crippen MR) is 119 cm³/mol. The minimum atomic E-state index is -1.01. The third-order valence-corrected chi connectivity index (χ3v) is 5.54. The molecule has 3 aromatic carbocycles. The molecule has 0 aromatic heterocycles. The first-order valence-corrected chi connectivity index (χ1v) is 10.2. The molecule has 0 saturated carbocycles. The smallest absolute Gasteiger partial charge is 0.328 e. The van der Waals surface area contributed by atoms with Crippen molar-refractivity contribution in [2.75, 3.05) is 6.79 Å². The van der Waals surface area contributed by atoms with Gasteiger partial charge in [0, 0.05) is 33.7 Å². The van der Waals surface area contributed by atoms with Gasteiger partial charge in [-0.3, -0.25) is 0 Å². The van der Waals surface area contributed by atoms with Crippen LogP contribution in [0.5, 0.6) is 17.2 Å². The minimum Gasteiger partial charge on any atom is -0.489 e. The third kappa shape index (κ3) is 4.95. The fourth-order valence-corrected chi connectivity index (χ4v) is 3.78. The van der Waals surface area contributed by atoms with E-state index in [1.54, 1.807) is 30.3 Å². The van der Waals surface area contributed by atoms with E-state index in [1.165, 1.54) is 0 Å². The summed E-state index contributed by atoms with van der Waals surface area (Å²) < 4.78 is 16.9. The van der Waals surface area contributed by atoms with Gasteiger partial charge in [0.15, 0.2) is 11.5 Å². The summed E-state index contributed by atoms with van der Waals surface area (Å²) in [6, 6.07) is 16.6. The predicted octanol–water partition coefficient (Wildman–Crippen LogP) is 5.99. The van der Waals surface area contributed by atoms with Crippen molar-refractivity contribution < 1.29 is 24.1 Å². The van der Waals surface area contributed by atoms with Crippen LogP contribution in [0.1, 0.15) is 22.3 Å². The lowest BCUT2D eigenvalue weighted by Gasteiger charge is -2.12. The van der Waals surface area contributed by atoms with Crippen molar-refractivity contribution in [1.82, 2.24) is 0 Å². The van der Waals surface area contributed by atoms with E-state index in [9.17, 15) is 4.79 Å². The highest BCUT2D eigenvalue weighted by molar-refractivity contribution is 6.35. The Morgan fingerprint density at radius 2 is 1.74 bits per heavy atom. The Morgan fingerprint density at radius 1 is 1.00 bits per heavy atom. The van der Waals surface area contributed by atoms with Crippen molar-refractivity contribution in [1.29, 1.82) is 0 Å². The highest BCUT2D eigenvalue weighted by atomic mass is 35.5. The molecule has 5 nitrogen and oxygen atoms in total. The Kier molecular flexibility index (Phi) is 6.35. The van der Waals surface area contributed by atoms with E-state index in [4.69, 9.17) is 42.5 Å². The zero-order valence-electron chi connectivity index (χ0n) is 16.3. The molecule has 1 N–H and O–H groups in total. The molecule has 1 aliphatic rings. The molecule has 0 saturated heterocycles. The van der Waals surface area contributed by atoms with Crippen LogP contribution >= 0.6 is 23.2 Å². The second kappa shape index (κ2) is 9.33. The van der Waals surface area contributed by atoms with Crippen LogP contribution in [0.4, 0.5) is 0 Å². The fraction of sp³-hybridized carbons (Fsp3) is 0.125. The van der Waals surface area contributed by atoms with Gasteiger partial charge in [-0.1, -0.05) is 47.5 Å². The second-order valence-electron chi connectivity index (χ2n) is 6.85. The lowest BCUT2D eigenvalue weighted by molar-refractivity contribution is -0.131. The third-order valence-electron chi connectivity index (χ3n) is 4.83. The summed E-state index contributed by atoms with van der Waals surface area (Å²) in [7, 11) is 0. The van der Waals surface area contributed by atoms with Gasteiger partial charge >= 0.3 is 5.97 Å². The molecule has 1 aliphatic heterocycles. The summed E-state index contributed by atoms with van der Waals surface area (Å²) in [5.41, 5.74) is 3.38. The zero-order valence-corrected chi connectivity index (χ0v) is 17.8. The van der Waals surface area contributed by atoms with E-state index < -0.39 is 5.97 Å². The number of hydrogen-bond donors (Lipinski definition) is 1. The molecule has 0 amide bonds. The number of halogens is 2. The minimum absolute atomic E-state index is 0.145. The van der Waals surface area contributed by atoms with Gasteiger partial charge in [-0.15, -0.1) is 0 Å². The number of fused-ring (bicyclic) bond motifs is 1. The summed E-state index contributed by atoms with van der Waals surface area (Å²) >= 11 is 12.4. The van der Waals surface area contributed by atoms with Crippen LogP contribution < -0.4 is 14.2 Å². The van der Waals surface area contributed by atoms with E-state index in [0.717, 1.165) is 28.3 Å². The Labute approximate surface area is 189 Å². The maximum Gasteiger partial charge on any atom is 0.328 e. The largest absolute Gasteiger partial charge is 0.489 e. The van der Waals surface area contributed by atoms with E-state index >= 15 is 0 Å². The van der Waals surface area contributed by atoms with E-state index in [-0.39, 0.29) is 13.4 Å². The molecular weight excluding hydrogens is 439 g/mol. The number of hydrogen-bond acceptors (Lipinski definition) is 4. The van der Waals surface area contributed by atoms with Gasteiger partial charge in [0.1, 0.15) is 12.4 Å². The maximum atomic E-state index is 10.9. The Hall–Kier alpha value is -3.15. The van der Waals surface area contributed by atoms with Gasteiger partial charge in [-0.05, 0) is 47.5 Å². The molecule has 3 aromatic rings. The second-order valence-corrected chi connectivity index (χ2v) is 7.66. The summed E-state index contributed by atoms with van der Waals surface area (Å²) in [4.78, 5) is 10.9. The van der Waals surface area contributed by atoms with Crippen molar-refractivity contribution in [2.45, 2.75) is 13.0 Å². The van der Waals surface area contributed by atoms with Gasteiger partial charge in [-0.25, -0.2) is 4.79 Å². The summed E-state index contributed by atoms with van der Waals surface area (Å²) in [5.74, 6) is 0.965. The van der Waals surface area contributed by atoms with Gasteiger partial charge in [0.25, 0.3) is 0 Å². The summed E-state index contributed by atoms with van der Waals surface area (Å²) in [6.07, 6.45) is 3.21. The van der Waals surface area contributed by atoms with Crippen LogP contribution in [0.15, 0.2) is 60.7 Å². The number of benzene rings is 3. The van der Waals surface area contributed by atoms with Crippen molar-refractivity contribution >= 4 is 35.2 Å². The molecule has 0 atom stereocenters. The lowest BCUT2D eigenvalue weighted by Crippen LogP contribution is -1.99. The number of rotatable bonds is 7. The van der Waals surface area contributed by atoms with Gasteiger partial charge in [0.2, 0.25) is 6.79 Å². The van der Waals surface area contributed by atoms with Gasteiger partial charge < -0.3 is 19.3 Å². The average molecular weight is 457 g/mol. The molecule has 31 heavy (non-hydrogen) atoms. The Bertz CT molecular complexity index is 1120. The van der Waals surface area contributed by atoms with E-state index in [1.807, 2.05) is 30.3 Å². The van der Waals surface area contributed by atoms with Crippen LogP contribution in [0.2, 0.25) is 10.0 Å². The summed E-state index contributed by atoms with van der Waals surface area (Å²) in [6.45, 7) is 0.408. The van der Waals surface area contributed by atoms with E-state index in [0.29, 0.717) is 33.7 Å². The molecule has 0 fully saturated rings. The van der Waals surface area contributed by atoms with Crippen LogP contribution in [0, 0.1) is 0 Å². The fourth-order valence-electron chi connectivity index (χ4n) is 3.28. The molecule has 0 spiro atoms. The van der Waals surface area contributed by atoms with E-state index in [2.05, 4.69) is 0 Å². The first-order valence-electron chi connectivity index (χ1n) is 9.48. The van der Waals surface area contributed by atoms with Crippen molar-refractivity contribution in [3.8, 4) is 17.2 Å². The molecule has 0 unspecified atom stereocenters. The quantitative estimate of drug-likeness (QED) is 0.442. The average Bonchev–Trinajstić information content (AvgIpc) is 3.23. The highest BCUT2D eigenvalue weighted by Crippen LogP contribution is 2.39. The molecule has 7 heteroatoms. The Balaban J connectivity index is 1.52. The molecule has 0 aliphatic carbocycles. The lowest BCUT2D eigenvalue weighted by atomic mass is 9.97. The number of ether oxygens (including phenoxy) is 3. The van der Waals surface area contributed by atoms with Crippen LogP contribution in [-0.2, 0) is 17.8 Å². The number of carboxylic acids is 1. The topological polar surface area (TPSA) is 65.0 Å². The van der Waals surface area contributed by atoms with Gasteiger partial charge in [-0.2, -0.15) is 0 Å². The molecule has 158 valence electrons. The molecular formula is C24H18Cl2O5. The highest BCUT2D eigenvalue weighted by Gasteiger charge is 2.20. The molecule has 1 heterocycles. The standard InChI is InChI=1S/C24H18Cl2O5/c25-20-2-1-3-21(26)19(20)13-29-17-8-4-15(5-9-17)12-18-16(7-11-23(27)28)6-10-22-24(18)31-14-30-22/h1-11H,12-14H2,(H,27,28)/b11-7+. The maximum absolute atomic E-state index is 10.9. The first-order chi connectivity index (χ1) is 15.0. The number of carbonyl (C=O) groups is 1. The monoisotopic (exact) mass is 456 g/mol. The molecule has 0 bridgehead atoms. The number of carboxylic acid groups (broad SMARTS) is 1. The summed E-state index contributed by atoms with van der Waals surface area (Å²) in [5, 5.41) is 10.1. The zero-order chi connectivity index (χ0) is 21.8. The number of aliphatic carboxylic acids is 1. The van der Waals surface area contributed by atoms with Crippen molar-refractivity contribution in [3.63, 3.8) is 0 Å². The van der Waals surface area contributed by atoms with Gasteiger partial charge in [0.05, 0.1) is 0 Å². The van der Waals surface area contributed by atoms with Crippen LogP contribution in [0.3, 0.4) is 0 Å². The van der Waals surface area contributed by atoms with Crippen molar-refractivity contribution in [2.24, 2.45) is 0 Å². The molecule has 4 rings (SSSR count). The normalized spacial score (nSPS) is 12.3. The first kappa shape index (κ1) is 21.1. The van der Waals surface area contributed by atoms with Crippen LogP contribution in [-0.4, -0.2) is 17.9 Å². The molecule has 0 radical (unpaired) electrons. The van der Waals surface area contributed by atoms with Crippen LogP contribution in [0.25, 0.3) is 6.08 Å².